The monoisotopic (exact) mass is 446 g/mol. The lowest BCUT2D eigenvalue weighted by atomic mass is 10.1. The first-order chi connectivity index (χ1) is 11.2. The highest BCUT2D eigenvalue weighted by atomic mass is 127. The first-order valence-corrected chi connectivity index (χ1v) is 7.78. The van der Waals surface area contributed by atoms with Gasteiger partial charge in [-0.15, -0.1) is 34.2 Å². The number of halogens is 2. The molecule has 0 bridgehead atoms. The molecule has 132 valence electrons. The van der Waals surface area contributed by atoms with Crippen molar-refractivity contribution in [2.45, 2.75) is 26.3 Å². The standard InChI is InChI=1S/C16H23FN6.HI/c1-3-15-22-21-12-23(15)11-10-20-16(18-2)19-9-8-13-4-6-14(17)7-5-13;/h4-7,12H,3,8-11H2,1-2H3,(H2,18,19,20);1H. The number of nitrogens with one attached hydrogen (secondary N) is 2. The van der Waals surface area contributed by atoms with Crippen LogP contribution in [0.3, 0.4) is 0 Å². The molecule has 0 fully saturated rings. The second kappa shape index (κ2) is 11.0. The van der Waals surface area contributed by atoms with E-state index in [1.807, 2.05) is 4.57 Å². The lowest BCUT2D eigenvalue weighted by molar-refractivity contribution is 0.626. The summed E-state index contributed by atoms with van der Waals surface area (Å²) in [6.45, 7) is 4.32. The first-order valence-electron chi connectivity index (χ1n) is 7.78. The molecule has 0 amide bonds. The minimum absolute atomic E-state index is 0. The fourth-order valence-corrected chi connectivity index (χ4v) is 2.23. The van der Waals surface area contributed by atoms with Crippen molar-refractivity contribution in [1.82, 2.24) is 25.4 Å². The van der Waals surface area contributed by atoms with Crippen LogP contribution >= 0.6 is 24.0 Å². The average Bonchev–Trinajstić information content (AvgIpc) is 3.02. The molecule has 0 aliphatic carbocycles. The number of aryl methyl sites for hydroxylation is 1. The van der Waals surface area contributed by atoms with E-state index in [4.69, 9.17) is 0 Å². The third-order valence-corrected chi connectivity index (χ3v) is 3.50. The molecular weight excluding hydrogens is 422 g/mol. The number of aromatic nitrogens is 3. The maximum Gasteiger partial charge on any atom is 0.191 e. The third kappa shape index (κ3) is 6.42. The van der Waals surface area contributed by atoms with Crippen LogP contribution in [0.25, 0.3) is 0 Å². The molecular formula is C16H24FIN6. The maximum atomic E-state index is 12.8. The van der Waals surface area contributed by atoms with Crippen molar-refractivity contribution >= 4 is 29.9 Å². The Hall–Kier alpha value is -1.71. The van der Waals surface area contributed by atoms with Gasteiger partial charge in [-0.2, -0.15) is 0 Å². The molecule has 2 rings (SSSR count). The van der Waals surface area contributed by atoms with Gasteiger partial charge >= 0.3 is 0 Å². The van der Waals surface area contributed by atoms with Crippen LogP contribution in [0, 0.1) is 5.82 Å². The predicted octanol–water partition coefficient (Wildman–Crippen LogP) is 2.01. The Labute approximate surface area is 159 Å². The zero-order valence-electron chi connectivity index (χ0n) is 14.0. The van der Waals surface area contributed by atoms with Gasteiger partial charge in [-0.25, -0.2) is 4.39 Å². The summed E-state index contributed by atoms with van der Waals surface area (Å²) in [5.74, 6) is 1.52. The molecule has 2 N–H and O–H groups in total. The van der Waals surface area contributed by atoms with Crippen molar-refractivity contribution in [1.29, 1.82) is 0 Å². The third-order valence-electron chi connectivity index (χ3n) is 3.50. The van der Waals surface area contributed by atoms with Gasteiger partial charge in [0.15, 0.2) is 5.96 Å². The van der Waals surface area contributed by atoms with Crippen LogP contribution in [0.1, 0.15) is 18.3 Å². The summed E-state index contributed by atoms with van der Waals surface area (Å²) < 4.78 is 14.9. The largest absolute Gasteiger partial charge is 0.356 e. The number of hydrogen-bond acceptors (Lipinski definition) is 3. The Morgan fingerprint density at radius 2 is 1.92 bits per heavy atom. The topological polar surface area (TPSA) is 67.1 Å². The molecule has 0 radical (unpaired) electrons. The number of benzene rings is 1. The molecule has 0 spiro atoms. The van der Waals surface area contributed by atoms with E-state index in [-0.39, 0.29) is 29.8 Å². The zero-order valence-corrected chi connectivity index (χ0v) is 16.3. The Morgan fingerprint density at radius 1 is 1.21 bits per heavy atom. The molecule has 0 saturated carbocycles. The zero-order chi connectivity index (χ0) is 16.5. The lowest BCUT2D eigenvalue weighted by Crippen LogP contribution is -2.39. The first kappa shape index (κ1) is 20.3. The van der Waals surface area contributed by atoms with Gasteiger partial charge in [0.2, 0.25) is 0 Å². The van der Waals surface area contributed by atoms with E-state index in [1.54, 1.807) is 25.5 Å². The average molecular weight is 446 g/mol. The summed E-state index contributed by atoms with van der Waals surface area (Å²) in [5.41, 5.74) is 1.09. The molecule has 1 heterocycles. The summed E-state index contributed by atoms with van der Waals surface area (Å²) >= 11 is 0. The van der Waals surface area contributed by atoms with Crippen LogP contribution in [-0.4, -0.2) is 40.9 Å². The van der Waals surface area contributed by atoms with E-state index in [9.17, 15) is 4.39 Å². The molecule has 0 saturated heterocycles. The van der Waals surface area contributed by atoms with Gasteiger partial charge < -0.3 is 15.2 Å². The molecule has 0 atom stereocenters. The van der Waals surface area contributed by atoms with E-state index in [1.165, 1.54) is 12.1 Å². The second-order valence-electron chi connectivity index (χ2n) is 5.10. The smallest absolute Gasteiger partial charge is 0.191 e. The van der Waals surface area contributed by atoms with Gasteiger partial charge in [-0.3, -0.25) is 4.99 Å². The summed E-state index contributed by atoms with van der Waals surface area (Å²) in [4.78, 5) is 4.19. The summed E-state index contributed by atoms with van der Waals surface area (Å²) in [6, 6.07) is 6.55. The Kier molecular flexibility index (Phi) is 9.28. The van der Waals surface area contributed by atoms with Crippen molar-refractivity contribution in [2.75, 3.05) is 20.1 Å². The molecule has 0 unspecified atom stereocenters. The predicted molar refractivity (Wildman–Crippen MR) is 104 cm³/mol. The van der Waals surface area contributed by atoms with Crippen LogP contribution in [0.4, 0.5) is 4.39 Å². The summed E-state index contributed by atoms with van der Waals surface area (Å²) in [6.07, 6.45) is 3.42. The Balaban J connectivity index is 0.00000288. The SMILES string of the molecule is CCc1nncn1CCNC(=NC)NCCc1ccc(F)cc1.I. The molecule has 1 aromatic heterocycles. The number of nitrogens with zero attached hydrogens (tertiary/aromatic N) is 4. The van der Waals surface area contributed by atoms with E-state index >= 15 is 0 Å². The van der Waals surface area contributed by atoms with Gasteiger partial charge in [0.25, 0.3) is 0 Å². The van der Waals surface area contributed by atoms with Gasteiger partial charge in [-0.1, -0.05) is 19.1 Å². The molecule has 24 heavy (non-hydrogen) atoms. The molecule has 2 aromatic rings. The Morgan fingerprint density at radius 3 is 2.58 bits per heavy atom. The van der Waals surface area contributed by atoms with Crippen molar-refractivity contribution < 1.29 is 4.39 Å². The fourth-order valence-electron chi connectivity index (χ4n) is 2.23. The van der Waals surface area contributed by atoms with Gasteiger partial charge in [-0.05, 0) is 24.1 Å². The number of aliphatic imine (C=N–C) groups is 1. The summed E-state index contributed by atoms with van der Waals surface area (Å²) in [7, 11) is 1.74. The van der Waals surface area contributed by atoms with Crippen LogP contribution < -0.4 is 10.6 Å². The highest BCUT2D eigenvalue weighted by Gasteiger charge is 2.02. The van der Waals surface area contributed by atoms with Crippen molar-refractivity contribution in [2.24, 2.45) is 4.99 Å². The van der Waals surface area contributed by atoms with Gasteiger partial charge in [0.1, 0.15) is 18.0 Å². The van der Waals surface area contributed by atoms with Crippen LogP contribution in [0.5, 0.6) is 0 Å². The highest BCUT2D eigenvalue weighted by Crippen LogP contribution is 2.02. The number of rotatable bonds is 7. The van der Waals surface area contributed by atoms with Crippen LogP contribution in [0.15, 0.2) is 35.6 Å². The van der Waals surface area contributed by atoms with E-state index in [2.05, 4.69) is 32.7 Å². The normalized spacial score (nSPS) is 11.0. The fraction of sp³-hybridized carbons (Fsp3) is 0.438. The molecule has 0 aliphatic rings. The van der Waals surface area contributed by atoms with Crippen molar-refractivity contribution in [3.8, 4) is 0 Å². The molecule has 6 nitrogen and oxygen atoms in total. The van der Waals surface area contributed by atoms with E-state index in [0.29, 0.717) is 0 Å². The minimum Gasteiger partial charge on any atom is -0.356 e. The lowest BCUT2D eigenvalue weighted by Gasteiger charge is -2.12. The molecule has 8 heteroatoms. The van der Waals surface area contributed by atoms with Crippen molar-refractivity contribution in [3.05, 3.63) is 47.8 Å². The van der Waals surface area contributed by atoms with Gasteiger partial charge in [0.05, 0.1) is 0 Å². The summed E-state index contributed by atoms with van der Waals surface area (Å²) in [5, 5.41) is 14.5. The second-order valence-corrected chi connectivity index (χ2v) is 5.10. The number of guanidine groups is 1. The minimum atomic E-state index is -0.209. The van der Waals surface area contributed by atoms with E-state index in [0.717, 1.165) is 49.8 Å². The quantitative estimate of drug-likeness (QED) is 0.388. The van der Waals surface area contributed by atoms with E-state index < -0.39 is 0 Å². The van der Waals surface area contributed by atoms with Crippen LogP contribution in [-0.2, 0) is 19.4 Å². The number of hydrogen-bond donors (Lipinski definition) is 2. The maximum absolute atomic E-state index is 12.8. The molecule has 1 aromatic carbocycles. The highest BCUT2D eigenvalue weighted by molar-refractivity contribution is 14.0. The molecule has 0 aliphatic heterocycles. The van der Waals surface area contributed by atoms with Crippen LogP contribution in [0.2, 0.25) is 0 Å². The van der Waals surface area contributed by atoms with Crippen molar-refractivity contribution in [3.63, 3.8) is 0 Å². The Bertz CT molecular complexity index is 626. The van der Waals surface area contributed by atoms with Gasteiger partial charge in [0, 0.05) is 33.1 Å².